The summed E-state index contributed by atoms with van der Waals surface area (Å²) in [6, 6.07) is 6.07. The fourth-order valence-corrected chi connectivity index (χ4v) is 3.25. The topological polar surface area (TPSA) is 0 Å². The molecule has 3 heteroatoms. The molecule has 0 amide bonds. The minimum atomic E-state index is -4.24. The zero-order valence-corrected chi connectivity index (χ0v) is 10.8. The van der Waals surface area contributed by atoms with Crippen molar-refractivity contribution < 1.29 is 13.2 Å². The third-order valence-corrected chi connectivity index (χ3v) is 4.09. The first-order valence-corrected chi connectivity index (χ1v) is 6.57. The van der Waals surface area contributed by atoms with Crippen LogP contribution in [0.3, 0.4) is 0 Å². The molecule has 0 N–H and O–H groups in total. The second-order valence-electron chi connectivity index (χ2n) is 5.53. The lowest BCUT2D eigenvalue weighted by molar-refractivity contribution is -0.138. The van der Waals surface area contributed by atoms with Gasteiger partial charge in [0.05, 0.1) is 5.56 Å². The van der Waals surface area contributed by atoms with Crippen molar-refractivity contribution in [1.82, 2.24) is 0 Å². The van der Waals surface area contributed by atoms with Crippen molar-refractivity contribution in [2.24, 2.45) is 11.8 Å². The van der Waals surface area contributed by atoms with E-state index >= 15 is 0 Å². The van der Waals surface area contributed by atoms with Gasteiger partial charge in [-0.1, -0.05) is 38.5 Å². The van der Waals surface area contributed by atoms with E-state index in [9.17, 15) is 13.2 Å². The highest BCUT2D eigenvalue weighted by molar-refractivity contribution is 5.34. The van der Waals surface area contributed by atoms with Crippen LogP contribution < -0.4 is 0 Å². The summed E-state index contributed by atoms with van der Waals surface area (Å²) in [7, 11) is 0. The monoisotopic (exact) mass is 256 g/mol. The number of alkyl halides is 3. The zero-order chi connectivity index (χ0) is 13.3. The Hall–Kier alpha value is -0.990. The van der Waals surface area contributed by atoms with Gasteiger partial charge in [0.2, 0.25) is 0 Å². The number of halogens is 3. The molecule has 0 saturated heterocycles. The van der Waals surface area contributed by atoms with Gasteiger partial charge < -0.3 is 0 Å². The second-order valence-corrected chi connectivity index (χ2v) is 5.53. The van der Waals surface area contributed by atoms with Crippen LogP contribution in [0.15, 0.2) is 24.3 Å². The molecule has 1 fully saturated rings. The average molecular weight is 256 g/mol. The van der Waals surface area contributed by atoms with Crippen molar-refractivity contribution in [3.05, 3.63) is 35.4 Å². The smallest absolute Gasteiger partial charge is 0.166 e. The molecule has 0 nitrogen and oxygen atoms in total. The van der Waals surface area contributed by atoms with Crippen molar-refractivity contribution >= 4 is 0 Å². The van der Waals surface area contributed by atoms with Gasteiger partial charge in [-0.05, 0) is 42.2 Å². The molecule has 100 valence electrons. The quantitative estimate of drug-likeness (QED) is 0.678. The Morgan fingerprint density at radius 1 is 1.11 bits per heavy atom. The Labute approximate surface area is 106 Å². The van der Waals surface area contributed by atoms with Gasteiger partial charge in [0.1, 0.15) is 0 Å². The summed E-state index contributed by atoms with van der Waals surface area (Å²) >= 11 is 0. The zero-order valence-electron chi connectivity index (χ0n) is 10.8. The number of hydrogen-bond donors (Lipinski definition) is 0. The molecule has 1 aromatic rings. The van der Waals surface area contributed by atoms with Gasteiger partial charge in [-0.2, -0.15) is 13.2 Å². The van der Waals surface area contributed by atoms with Gasteiger partial charge in [0.25, 0.3) is 0 Å². The molecule has 0 radical (unpaired) electrons. The van der Waals surface area contributed by atoms with Gasteiger partial charge in [0, 0.05) is 0 Å². The molecular formula is C15H19F3. The van der Waals surface area contributed by atoms with Gasteiger partial charge in [-0.25, -0.2) is 0 Å². The molecule has 1 saturated carbocycles. The molecule has 0 spiro atoms. The summed E-state index contributed by atoms with van der Waals surface area (Å²) < 4.78 is 39.1. The van der Waals surface area contributed by atoms with Crippen LogP contribution in [0.1, 0.15) is 50.2 Å². The molecule has 2 atom stereocenters. The minimum absolute atomic E-state index is 0.0721. The first-order chi connectivity index (χ1) is 8.41. The third-order valence-electron chi connectivity index (χ3n) is 4.09. The predicted octanol–water partition coefficient (Wildman–Crippen LogP) is 5.25. The van der Waals surface area contributed by atoms with Crippen LogP contribution in [0.25, 0.3) is 0 Å². The van der Waals surface area contributed by atoms with E-state index in [-0.39, 0.29) is 5.92 Å². The molecule has 0 aromatic heterocycles. The molecule has 1 aliphatic carbocycles. The van der Waals surface area contributed by atoms with E-state index < -0.39 is 11.7 Å². The van der Waals surface area contributed by atoms with Crippen molar-refractivity contribution in [2.45, 2.75) is 45.2 Å². The van der Waals surface area contributed by atoms with Crippen molar-refractivity contribution in [3.63, 3.8) is 0 Å². The number of rotatable bonds is 2. The first-order valence-electron chi connectivity index (χ1n) is 6.57. The van der Waals surface area contributed by atoms with Crippen LogP contribution in [0.5, 0.6) is 0 Å². The standard InChI is InChI=1S/C15H19F3/c1-10(2)11-7-5-8-12(11)13-6-3-4-9-14(13)15(16,17)18/h3-4,6,9-12H,5,7-8H2,1-2H3. The minimum Gasteiger partial charge on any atom is -0.166 e. The molecule has 18 heavy (non-hydrogen) atoms. The summed E-state index contributed by atoms with van der Waals surface area (Å²) in [5.74, 6) is 0.898. The molecule has 2 unspecified atom stereocenters. The van der Waals surface area contributed by atoms with Crippen LogP contribution in [-0.4, -0.2) is 0 Å². The molecule has 0 heterocycles. The molecule has 2 rings (SSSR count). The summed E-state index contributed by atoms with van der Waals surface area (Å²) in [5.41, 5.74) is 0.0590. The van der Waals surface area contributed by atoms with Gasteiger partial charge >= 0.3 is 6.18 Å². The van der Waals surface area contributed by atoms with E-state index in [1.165, 1.54) is 12.1 Å². The molecule has 0 bridgehead atoms. The molecule has 1 aromatic carbocycles. The number of hydrogen-bond acceptors (Lipinski definition) is 0. The Balaban J connectivity index is 2.39. The lowest BCUT2D eigenvalue weighted by Crippen LogP contribution is -2.17. The highest BCUT2D eigenvalue weighted by Crippen LogP contribution is 2.47. The largest absolute Gasteiger partial charge is 0.416 e. The lowest BCUT2D eigenvalue weighted by Gasteiger charge is -2.26. The second kappa shape index (κ2) is 4.94. The van der Waals surface area contributed by atoms with Crippen molar-refractivity contribution in [3.8, 4) is 0 Å². The Kier molecular flexibility index (Phi) is 3.69. The normalized spacial score (nSPS) is 24.8. The lowest BCUT2D eigenvalue weighted by atomic mass is 9.80. The van der Waals surface area contributed by atoms with E-state index in [1.54, 1.807) is 12.1 Å². The average Bonchev–Trinajstić information content (AvgIpc) is 2.76. The van der Waals surface area contributed by atoms with E-state index in [0.717, 1.165) is 19.3 Å². The van der Waals surface area contributed by atoms with Gasteiger partial charge in [-0.15, -0.1) is 0 Å². The maximum atomic E-state index is 13.0. The van der Waals surface area contributed by atoms with E-state index in [0.29, 0.717) is 17.4 Å². The third kappa shape index (κ3) is 2.55. The molecular weight excluding hydrogens is 237 g/mol. The maximum Gasteiger partial charge on any atom is 0.416 e. The van der Waals surface area contributed by atoms with Crippen molar-refractivity contribution in [2.75, 3.05) is 0 Å². The Morgan fingerprint density at radius 2 is 1.78 bits per heavy atom. The van der Waals surface area contributed by atoms with Crippen LogP contribution in [0.4, 0.5) is 13.2 Å². The first kappa shape index (κ1) is 13.4. The van der Waals surface area contributed by atoms with Crippen LogP contribution in [-0.2, 0) is 6.18 Å². The summed E-state index contributed by atoms with van der Waals surface area (Å²) in [6.45, 7) is 4.22. The highest BCUT2D eigenvalue weighted by atomic mass is 19.4. The van der Waals surface area contributed by atoms with Gasteiger partial charge in [0.15, 0.2) is 0 Å². The molecule has 1 aliphatic rings. The van der Waals surface area contributed by atoms with Crippen LogP contribution >= 0.6 is 0 Å². The van der Waals surface area contributed by atoms with E-state index in [2.05, 4.69) is 13.8 Å². The summed E-state index contributed by atoms with van der Waals surface area (Å²) in [6.07, 6.45) is -1.26. The SMILES string of the molecule is CC(C)C1CCCC1c1ccccc1C(F)(F)F. The molecule has 0 aliphatic heterocycles. The fraction of sp³-hybridized carbons (Fsp3) is 0.600. The summed E-state index contributed by atoms with van der Waals surface area (Å²) in [4.78, 5) is 0. The Morgan fingerprint density at radius 3 is 2.39 bits per heavy atom. The van der Waals surface area contributed by atoms with Crippen LogP contribution in [0.2, 0.25) is 0 Å². The Bertz CT molecular complexity index is 406. The van der Waals surface area contributed by atoms with E-state index in [1.807, 2.05) is 0 Å². The van der Waals surface area contributed by atoms with Gasteiger partial charge in [-0.3, -0.25) is 0 Å². The predicted molar refractivity (Wildman–Crippen MR) is 66.4 cm³/mol. The van der Waals surface area contributed by atoms with E-state index in [4.69, 9.17) is 0 Å². The fourth-order valence-electron chi connectivity index (χ4n) is 3.25. The van der Waals surface area contributed by atoms with Crippen molar-refractivity contribution in [1.29, 1.82) is 0 Å². The van der Waals surface area contributed by atoms with Crippen LogP contribution in [0, 0.1) is 11.8 Å². The summed E-state index contributed by atoms with van der Waals surface area (Å²) in [5, 5.41) is 0. The number of benzene rings is 1. The maximum absolute atomic E-state index is 13.0. The highest BCUT2D eigenvalue weighted by Gasteiger charge is 2.38.